The summed E-state index contributed by atoms with van der Waals surface area (Å²) in [4.78, 5) is 0. The number of nitrogens with zero attached hydrogens (tertiary/aromatic N) is 2. The van der Waals surface area contributed by atoms with Gasteiger partial charge < -0.3 is 9.13 Å². The van der Waals surface area contributed by atoms with Gasteiger partial charge >= 0.3 is 0 Å². The minimum atomic E-state index is 0.456. The third-order valence-corrected chi connectivity index (χ3v) is 7.66. The van der Waals surface area contributed by atoms with E-state index in [1.807, 2.05) is 0 Å². The maximum Gasteiger partial charge on any atom is 0.0483 e. The van der Waals surface area contributed by atoms with Crippen LogP contribution in [0.5, 0.6) is 0 Å². The Morgan fingerprint density at radius 2 is 1.26 bits per heavy atom. The van der Waals surface area contributed by atoms with Crippen molar-refractivity contribution in [3.63, 3.8) is 0 Å². The Labute approximate surface area is 186 Å². The first kappa shape index (κ1) is 20.4. The number of aryl methyl sites for hydroxylation is 2. The van der Waals surface area contributed by atoms with E-state index >= 15 is 0 Å². The first-order valence-electron chi connectivity index (χ1n) is 12.5. The van der Waals surface area contributed by atoms with Crippen molar-refractivity contribution in [1.29, 1.82) is 0 Å². The topological polar surface area (TPSA) is 9.86 Å². The Kier molecular flexibility index (Phi) is 5.89. The highest BCUT2D eigenvalue weighted by atomic mass is 15.0. The molecule has 1 aliphatic carbocycles. The van der Waals surface area contributed by atoms with Crippen molar-refractivity contribution in [2.75, 3.05) is 0 Å². The molecule has 0 unspecified atom stereocenters. The molecular weight excluding hydrogens is 376 g/mol. The van der Waals surface area contributed by atoms with Crippen LogP contribution in [0.1, 0.15) is 75.8 Å². The van der Waals surface area contributed by atoms with Gasteiger partial charge in [0.05, 0.1) is 0 Å². The summed E-state index contributed by atoms with van der Waals surface area (Å²) in [6, 6.07) is 18.0. The van der Waals surface area contributed by atoms with Gasteiger partial charge in [-0.3, -0.25) is 0 Å². The maximum atomic E-state index is 2.45. The number of hydrogen-bond acceptors (Lipinski definition) is 0. The molecule has 1 fully saturated rings. The molecule has 5 rings (SSSR count). The lowest BCUT2D eigenvalue weighted by Crippen LogP contribution is -2.09. The average molecular weight is 413 g/mol. The normalized spacial score (nSPS) is 15.5. The average Bonchev–Trinajstić information content (AvgIpc) is 3.39. The lowest BCUT2D eigenvalue weighted by Gasteiger charge is -2.24. The molecule has 0 amide bonds. The van der Waals surface area contributed by atoms with Crippen molar-refractivity contribution in [3.05, 3.63) is 72.1 Å². The van der Waals surface area contributed by atoms with Gasteiger partial charge in [-0.2, -0.15) is 0 Å². The van der Waals surface area contributed by atoms with Crippen LogP contribution in [0, 0.1) is 5.92 Å². The predicted molar refractivity (Wildman–Crippen MR) is 133 cm³/mol. The van der Waals surface area contributed by atoms with Gasteiger partial charge in [0, 0.05) is 53.2 Å². The van der Waals surface area contributed by atoms with Crippen LogP contribution in [-0.4, -0.2) is 9.13 Å². The molecule has 0 N–H and O–H groups in total. The van der Waals surface area contributed by atoms with Crippen molar-refractivity contribution < 1.29 is 0 Å². The highest BCUT2D eigenvalue weighted by Crippen LogP contribution is 2.41. The zero-order valence-corrected chi connectivity index (χ0v) is 19.2. The van der Waals surface area contributed by atoms with Gasteiger partial charge in [-0.1, -0.05) is 68.5 Å². The van der Waals surface area contributed by atoms with E-state index in [9.17, 15) is 0 Å². The summed E-state index contributed by atoms with van der Waals surface area (Å²) in [5.74, 6) is 1.37. The quantitative estimate of drug-likeness (QED) is 0.290. The Morgan fingerprint density at radius 1 is 0.742 bits per heavy atom. The third-order valence-electron chi connectivity index (χ3n) is 7.66. The van der Waals surface area contributed by atoms with Crippen LogP contribution in [0.15, 0.2) is 60.9 Å². The summed E-state index contributed by atoms with van der Waals surface area (Å²) in [5, 5.41) is 2.87. The van der Waals surface area contributed by atoms with Crippen LogP contribution >= 0.6 is 0 Å². The smallest absolute Gasteiger partial charge is 0.0483 e. The number of aromatic nitrogens is 2. The van der Waals surface area contributed by atoms with Crippen LogP contribution in [0.3, 0.4) is 0 Å². The second-order valence-electron chi connectivity index (χ2n) is 9.41. The molecular formula is C29H36N2. The fourth-order valence-corrected chi connectivity index (χ4v) is 5.99. The summed E-state index contributed by atoms with van der Waals surface area (Å²) in [5.41, 5.74) is 5.79. The lowest BCUT2D eigenvalue weighted by molar-refractivity contribution is 0.328. The molecule has 31 heavy (non-hydrogen) atoms. The summed E-state index contributed by atoms with van der Waals surface area (Å²) in [7, 11) is 0. The molecule has 0 atom stereocenters. The van der Waals surface area contributed by atoms with Crippen molar-refractivity contribution in [2.45, 2.75) is 77.8 Å². The zero-order chi connectivity index (χ0) is 21.2. The molecule has 4 aromatic rings. The van der Waals surface area contributed by atoms with E-state index in [1.54, 1.807) is 0 Å². The number of rotatable bonds is 7. The van der Waals surface area contributed by atoms with Gasteiger partial charge in [-0.25, -0.2) is 0 Å². The molecule has 2 aromatic carbocycles. The summed E-state index contributed by atoms with van der Waals surface area (Å²) >= 11 is 0. The second kappa shape index (κ2) is 8.94. The highest BCUT2D eigenvalue weighted by Gasteiger charge is 2.25. The molecule has 0 radical (unpaired) electrons. The molecule has 0 aliphatic heterocycles. The predicted octanol–water partition coefficient (Wildman–Crippen LogP) is 8.13. The van der Waals surface area contributed by atoms with Crippen LogP contribution < -0.4 is 0 Å². The standard InChI is InChI=1S/C29H36N2/c1-3-30-20-26(24-14-8-10-16-28(24)30)23(19-18-22-12-6-5-7-13-22)27-21-31(4-2)29-17-11-9-15-25(27)29/h8-11,14-17,20-23H,3-7,12-13,18-19H2,1-2H3. The Hall–Kier alpha value is -2.48. The minimum absolute atomic E-state index is 0.456. The Morgan fingerprint density at radius 3 is 1.77 bits per heavy atom. The minimum Gasteiger partial charge on any atom is -0.347 e. The first-order valence-corrected chi connectivity index (χ1v) is 12.5. The van der Waals surface area contributed by atoms with Crippen LogP contribution in [0.25, 0.3) is 21.8 Å². The van der Waals surface area contributed by atoms with E-state index in [0.717, 1.165) is 19.0 Å². The van der Waals surface area contributed by atoms with Crippen molar-refractivity contribution >= 4 is 21.8 Å². The van der Waals surface area contributed by atoms with Crippen molar-refractivity contribution in [2.24, 2.45) is 5.92 Å². The molecule has 1 saturated carbocycles. The molecule has 0 spiro atoms. The monoisotopic (exact) mass is 412 g/mol. The molecule has 2 heterocycles. The second-order valence-corrected chi connectivity index (χ2v) is 9.41. The number of para-hydroxylation sites is 2. The van der Waals surface area contributed by atoms with E-state index in [4.69, 9.17) is 0 Å². The summed E-state index contributed by atoms with van der Waals surface area (Å²) in [6.45, 7) is 6.56. The molecule has 2 heteroatoms. The van der Waals surface area contributed by atoms with Crippen LogP contribution in [0.2, 0.25) is 0 Å². The number of benzene rings is 2. The van der Waals surface area contributed by atoms with Gasteiger partial charge in [0.25, 0.3) is 0 Å². The molecule has 0 saturated heterocycles. The number of fused-ring (bicyclic) bond motifs is 2. The molecule has 1 aliphatic rings. The lowest BCUT2D eigenvalue weighted by atomic mass is 9.80. The van der Waals surface area contributed by atoms with E-state index in [0.29, 0.717) is 5.92 Å². The first-order chi connectivity index (χ1) is 15.3. The third kappa shape index (κ3) is 3.82. The van der Waals surface area contributed by atoms with E-state index < -0.39 is 0 Å². The SMILES string of the molecule is CCn1cc(C(CCC2CCCCC2)c2cn(CC)c3ccccc23)c2ccccc21. The molecule has 162 valence electrons. The van der Waals surface area contributed by atoms with E-state index in [1.165, 1.54) is 77.9 Å². The molecule has 2 nitrogen and oxygen atoms in total. The van der Waals surface area contributed by atoms with Crippen LogP contribution in [-0.2, 0) is 13.1 Å². The Bertz CT molecular complexity index is 1070. The van der Waals surface area contributed by atoms with Crippen molar-refractivity contribution in [3.8, 4) is 0 Å². The fraction of sp³-hybridized carbons (Fsp3) is 0.448. The van der Waals surface area contributed by atoms with E-state index in [-0.39, 0.29) is 0 Å². The van der Waals surface area contributed by atoms with Crippen LogP contribution in [0.4, 0.5) is 0 Å². The van der Waals surface area contributed by atoms with Gasteiger partial charge in [0.2, 0.25) is 0 Å². The van der Waals surface area contributed by atoms with Gasteiger partial charge in [-0.15, -0.1) is 0 Å². The van der Waals surface area contributed by atoms with E-state index in [2.05, 4.69) is 83.9 Å². The maximum absolute atomic E-state index is 2.45. The summed E-state index contributed by atoms with van der Waals surface area (Å²) in [6.07, 6.45) is 14.7. The summed E-state index contributed by atoms with van der Waals surface area (Å²) < 4.78 is 4.88. The van der Waals surface area contributed by atoms with Gasteiger partial charge in [0.1, 0.15) is 0 Å². The number of hydrogen-bond donors (Lipinski definition) is 0. The van der Waals surface area contributed by atoms with Gasteiger partial charge in [0.15, 0.2) is 0 Å². The molecule has 0 bridgehead atoms. The Balaban J connectivity index is 1.62. The van der Waals surface area contributed by atoms with Gasteiger partial charge in [-0.05, 0) is 55.9 Å². The molecule has 2 aromatic heterocycles. The highest BCUT2D eigenvalue weighted by molar-refractivity contribution is 5.89. The fourth-order valence-electron chi connectivity index (χ4n) is 5.99. The zero-order valence-electron chi connectivity index (χ0n) is 19.2. The largest absolute Gasteiger partial charge is 0.347 e. The van der Waals surface area contributed by atoms with Crippen molar-refractivity contribution in [1.82, 2.24) is 9.13 Å².